The lowest BCUT2D eigenvalue weighted by Gasteiger charge is -2.30. The first-order chi connectivity index (χ1) is 10.0. The average Bonchev–Trinajstić information content (AvgIpc) is 2.89. The Labute approximate surface area is 125 Å². The van der Waals surface area contributed by atoms with Crippen molar-refractivity contribution in [3.05, 3.63) is 35.0 Å². The molecule has 0 spiro atoms. The van der Waals surface area contributed by atoms with E-state index in [2.05, 4.69) is 4.98 Å². The number of ether oxygens (including phenoxy) is 1. The van der Waals surface area contributed by atoms with Gasteiger partial charge in [-0.3, -0.25) is 4.79 Å². The third-order valence-corrected chi connectivity index (χ3v) is 3.68. The molecule has 1 saturated heterocycles. The van der Waals surface area contributed by atoms with Gasteiger partial charge in [0, 0.05) is 22.5 Å². The number of H-pyrrole nitrogens is 1. The molecule has 7 heteroatoms. The lowest BCUT2D eigenvalue weighted by molar-refractivity contribution is -0.154. The molecule has 1 amide bonds. The normalized spacial score (nSPS) is 18.9. The highest BCUT2D eigenvalue weighted by atomic mass is 35.5. The van der Waals surface area contributed by atoms with Crippen LogP contribution in [0.2, 0.25) is 5.02 Å². The summed E-state index contributed by atoms with van der Waals surface area (Å²) < 4.78 is 5.11. The van der Waals surface area contributed by atoms with Crippen molar-refractivity contribution in [1.29, 1.82) is 0 Å². The molecule has 1 unspecified atom stereocenters. The molecular weight excluding hydrogens is 296 g/mol. The monoisotopic (exact) mass is 308 g/mol. The number of nitrogens with one attached hydrogen (secondary N) is 1. The van der Waals surface area contributed by atoms with Gasteiger partial charge in [0.1, 0.15) is 5.69 Å². The van der Waals surface area contributed by atoms with Gasteiger partial charge in [-0.05, 0) is 18.2 Å². The van der Waals surface area contributed by atoms with E-state index in [1.807, 2.05) is 6.07 Å². The number of fused-ring (bicyclic) bond motifs is 1. The summed E-state index contributed by atoms with van der Waals surface area (Å²) in [5.74, 6) is -1.30. The number of aliphatic carboxylic acids is 1. The van der Waals surface area contributed by atoms with Crippen molar-refractivity contribution in [2.24, 2.45) is 0 Å². The number of benzene rings is 1. The molecule has 1 aromatic heterocycles. The van der Waals surface area contributed by atoms with Gasteiger partial charge in [0.15, 0.2) is 6.10 Å². The highest BCUT2D eigenvalue weighted by Gasteiger charge is 2.30. The predicted molar refractivity (Wildman–Crippen MR) is 76.6 cm³/mol. The summed E-state index contributed by atoms with van der Waals surface area (Å²) in [5, 5.41) is 10.4. The largest absolute Gasteiger partial charge is 0.479 e. The molecule has 110 valence electrons. The molecule has 1 aliphatic heterocycles. The van der Waals surface area contributed by atoms with Crippen LogP contribution in [0.3, 0.4) is 0 Å². The maximum atomic E-state index is 12.4. The van der Waals surface area contributed by atoms with Gasteiger partial charge < -0.3 is 19.7 Å². The van der Waals surface area contributed by atoms with Gasteiger partial charge in [-0.25, -0.2) is 4.79 Å². The smallest absolute Gasteiger partial charge is 0.334 e. The van der Waals surface area contributed by atoms with Crippen LogP contribution in [-0.4, -0.2) is 52.7 Å². The Hall–Kier alpha value is -2.05. The maximum Gasteiger partial charge on any atom is 0.334 e. The van der Waals surface area contributed by atoms with Crippen molar-refractivity contribution in [1.82, 2.24) is 9.88 Å². The lowest BCUT2D eigenvalue weighted by Crippen LogP contribution is -2.48. The minimum atomic E-state index is -1.06. The topological polar surface area (TPSA) is 82.6 Å². The predicted octanol–water partition coefficient (Wildman–Crippen LogP) is 1.75. The minimum Gasteiger partial charge on any atom is -0.479 e. The molecule has 1 aromatic carbocycles. The highest BCUT2D eigenvalue weighted by molar-refractivity contribution is 6.31. The Morgan fingerprint density at radius 3 is 2.95 bits per heavy atom. The van der Waals surface area contributed by atoms with E-state index in [9.17, 15) is 9.59 Å². The van der Waals surface area contributed by atoms with E-state index in [1.54, 1.807) is 18.2 Å². The highest BCUT2D eigenvalue weighted by Crippen LogP contribution is 2.21. The fraction of sp³-hybridized carbons (Fsp3) is 0.286. The maximum absolute atomic E-state index is 12.4. The number of morpholine rings is 1. The SMILES string of the molecule is O=C(O)C1CN(C(=O)c2cc3ccc(Cl)cc3[nH]2)CCO1. The Bertz CT molecular complexity index is 712. The molecule has 0 saturated carbocycles. The van der Waals surface area contributed by atoms with E-state index < -0.39 is 12.1 Å². The second-order valence-electron chi connectivity index (χ2n) is 4.86. The van der Waals surface area contributed by atoms with Crippen molar-refractivity contribution < 1.29 is 19.4 Å². The number of carboxylic acids is 1. The molecule has 6 nitrogen and oxygen atoms in total. The van der Waals surface area contributed by atoms with E-state index in [0.717, 1.165) is 10.9 Å². The van der Waals surface area contributed by atoms with Crippen LogP contribution in [0.5, 0.6) is 0 Å². The average molecular weight is 309 g/mol. The van der Waals surface area contributed by atoms with E-state index in [-0.39, 0.29) is 19.1 Å². The second kappa shape index (κ2) is 5.38. The molecule has 0 aliphatic carbocycles. The number of aromatic amines is 1. The molecule has 2 heterocycles. The Balaban J connectivity index is 1.84. The number of carbonyl (C=O) groups excluding carboxylic acids is 1. The van der Waals surface area contributed by atoms with Crippen molar-refractivity contribution in [3.63, 3.8) is 0 Å². The van der Waals surface area contributed by atoms with Crippen LogP contribution in [0.15, 0.2) is 24.3 Å². The molecule has 0 radical (unpaired) electrons. The van der Waals surface area contributed by atoms with Gasteiger partial charge in [0.2, 0.25) is 0 Å². The number of aromatic nitrogens is 1. The molecule has 1 fully saturated rings. The van der Waals surface area contributed by atoms with Crippen LogP contribution in [0.4, 0.5) is 0 Å². The number of hydrogen-bond acceptors (Lipinski definition) is 3. The van der Waals surface area contributed by atoms with Gasteiger partial charge in [0.05, 0.1) is 13.2 Å². The zero-order valence-corrected chi connectivity index (χ0v) is 11.8. The summed E-state index contributed by atoms with van der Waals surface area (Å²) in [6, 6.07) is 7.05. The van der Waals surface area contributed by atoms with Crippen LogP contribution >= 0.6 is 11.6 Å². The summed E-state index contributed by atoms with van der Waals surface area (Å²) in [6.07, 6.45) is -0.971. The van der Waals surface area contributed by atoms with E-state index in [4.69, 9.17) is 21.4 Å². The number of amides is 1. The lowest BCUT2D eigenvalue weighted by atomic mass is 10.2. The minimum absolute atomic E-state index is 0.0459. The first kappa shape index (κ1) is 13.9. The van der Waals surface area contributed by atoms with Crippen LogP contribution in [0, 0.1) is 0 Å². The molecule has 1 atom stereocenters. The number of hydrogen-bond donors (Lipinski definition) is 2. The number of rotatable bonds is 2. The van der Waals surface area contributed by atoms with Gasteiger partial charge in [-0.1, -0.05) is 17.7 Å². The quantitative estimate of drug-likeness (QED) is 0.885. The van der Waals surface area contributed by atoms with Crippen molar-refractivity contribution >= 4 is 34.4 Å². The summed E-state index contributed by atoms with van der Waals surface area (Å²) >= 11 is 5.91. The van der Waals surface area contributed by atoms with E-state index in [0.29, 0.717) is 17.3 Å². The number of carboxylic acid groups (broad SMARTS) is 1. The fourth-order valence-corrected chi connectivity index (χ4v) is 2.54. The summed E-state index contributed by atoms with van der Waals surface area (Å²) in [6.45, 7) is 0.637. The molecule has 1 aliphatic rings. The van der Waals surface area contributed by atoms with Crippen molar-refractivity contribution in [3.8, 4) is 0 Å². The standard InChI is InChI=1S/C14H13ClN2O4/c15-9-2-1-8-5-11(16-10(8)6-9)13(18)17-3-4-21-12(7-17)14(19)20/h1-2,5-6,12,16H,3-4,7H2,(H,19,20). The van der Waals surface area contributed by atoms with E-state index >= 15 is 0 Å². The Morgan fingerprint density at radius 2 is 2.19 bits per heavy atom. The summed E-state index contributed by atoms with van der Waals surface area (Å²) in [7, 11) is 0. The third kappa shape index (κ3) is 2.72. The summed E-state index contributed by atoms with van der Waals surface area (Å²) in [5.41, 5.74) is 1.19. The first-order valence-corrected chi connectivity index (χ1v) is 6.84. The molecule has 2 N–H and O–H groups in total. The number of nitrogens with zero attached hydrogens (tertiary/aromatic N) is 1. The number of carbonyl (C=O) groups is 2. The molecular formula is C14H13ClN2O4. The molecule has 0 bridgehead atoms. The second-order valence-corrected chi connectivity index (χ2v) is 5.30. The van der Waals surface area contributed by atoms with Gasteiger partial charge >= 0.3 is 5.97 Å². The third-order valence-electron chi connectivity index (χ3n) is 3.44. The van der Waals surface area contributed by atoms with Crippen molar-refractivity contribution in [2.75, 3.05) is 19.7 Å². The van der Waals surface area contributed by atoms with Crippen LogP contribution < -0.4 is 0 Å². The Morgan fingerprint density at radius 1 is 1.38 bits per heavy atom. The first-order valence-electron chi connectivity index (χ1n) is 6.46. The van der Waals surface area contributed by atoms with Gasteiger partial charge in [0.25, 0.3) is 5.91 Å². The summed E-state index contributed by atoms with van der Waals surface area (Å²) in [4.78, 5) is 27.9. The zero-order chi connectivity index (χ0) is 15.0. The fourth-order valence-electron chi connectivity index (χ4n) is 2.37. The van der Waals surface area contributed by atoms with Gasteiger partial charge in [-0.15, -0.1) is 0 Å². The van der Waals surface area contributed by atoms with Crippen LogP contribution in [-0.2, 0) is 9.53 Å². The molecule has 3 rings (SSSR count). The van der Waals surface area contributed by atoms with Crippen molar-refractivity contribution in [2.45, 2.75) is 6.10 Å². The molecule has 21 heavy (non-hydrogen) atoms. The van der Waals surface area contributed by atoms with Gasteiger partial charge in [-0.2, -0.15) is 0 Å². The van der Waals surface area contributed by atoms with Crippen LogP contribution in [0.1, 0.15) is 10.5 Å². The number of halogens is 1. The van der Waals surface area contributed by atoms with Crippen LogP contribution in [0.25, 0.3) is 10.9 Å². The Kier molecular flexibility index (Phi) is 3.57. The molecule has 2 aromatic rings. The zero-order valence-electron chi connectivity index (χ0n) is 11.0. The van der Waals surface area contributed by atoms with E-state index in [1.165, 1.54) is 4.90 Å².